The average molecular weight is 194 g/mol. The van der Waals surface area contributed by atoms with Crippen LogP contribution in [0.15, 0.2) is 17.1 Å². The van der Waals surface area contributed by atoms with Gasteiger partial charge in [-0.15, -0.1) is 6.58 Å². The Morgan fingerprint density at radius 3 is 2.43 bits per heavy atom. The third-order valence-corrected chi connectivity index (χ3v) is 2.60. The monoisotopic (exact) mass is 194 g/mol. The van der Waals surface area contributed by atoms with Gasteiger partial charge in [-0.25, -0.2) is 0 Å². The van der Waals surface area contributed by atoms with E-state index in [0.717, 1.165) is 29.1 Å². The van der Waals surface area contributed by atoms with Crippen LogP contribution in [0.25, 0.3) is 0 Å². The fourth-order valence-electron chi connectivity index (χ4n) is 1.72. The molecule has 0 aliphatic carbocycles. The van der Waals surface area contributed by atoms with E-state index in [4.69, 9.17) is 4.42 Å². The second-order valence-corrected chi connectivity index (χ2v) is 3.63. The van der Waals surface area contributed by atoms with Crippen LogP contribution in [0.5, 0.6) is 0 Å². The van der Waals surface area contributed by atoms with Crippen molar-refractivity contribution < 1.29 is 9.52 Å². The Labute approximate surface area is 85.2 Å². The van der Waals surface area contributed by atoms with E-state index in [9.17, 15) is 5.11 Å². The van der Waals surface area contributed by atoms with Gasteiger partial charge in [-0.05, 0) is 39.2 Å². The molecule has 1 atom stereocenters. The van der Waals surface area contributed by atoms with E-state index >= 15 is 0 Å². The fraction of sp³-hybridized carbons (Fsp3) is 0.500. The maximum atomic E-state index is 9.92. The van der Waals surface area contributed by atoms with Crippen LogP contribution in [0.4, 0.5) is 0 Å². The van der Waals surface area contributed by atoms with E-state index in [1.54, 1.807) is 0 Å². The van der Waals surface area contributed by atoms with Crippen LogP contribution < -0.4 is 0 Å². The van der Waals surface area contributed by atoms with Crippen molar-refractivity contribution in [1.29, 1.82) is 0 Å². The van der Waals surface area contributed by atoms with Crippen molar-refractivity contribution in [2.75, 3.05) is 0 Å². The molecule has 78 valence electrons. The van der Waals surface area contributed by atoms with E-state index in [2.05, 4.69) is 6.58 Å². The highest BCUT2D eigenvalue weighted by atomic mass is 16.3. The molecule has 1 aromatic rings. The first-order chi connectivity index (χ1) is 6.57. The molecular weight excluding hydrogens is 176 g/mol. The fourth-order valence-corrected chi connectivity index (χ4v) is 1.72. The second kappa shape index (κ2) is 4.47. The number of hydrogen-bond donors (Lipinski definition) is 1. The lowest BCUT2D eigenvalue weighted by atomic mass is 10.0. The van der Waals surface area contributed by atoms with Gasteiger partial charge in [0.05, 0.1) is 6.10 Å². The van der Waals surface area contributed by atoms with Crippen molar-refractivity contribution in [3.8, 4) is 0 Å². The van der Waals surface area contributed by atoms with Crippen molar-refractivity contribution in [3.63, 3.8) is 0 Å². The smallest absolute Gasteiger partial charge is 0.107 e. The minimum atomic E-state index is -0.426. The summed E-state index contributed by atoms with van der Waals surface area (Å²) in [5.41, 5.74) is 2.02. The maximum absolute atomic E-state index is 9.92. The van der Waals surface area contributed by atoms with Crippen LogP contribution in [0.3, 0.4) is 0 Å². The molecule has 0 aromatic carbocycles. The van der Waals surface area contributed by atoms with E-state index < -0.39 is 6.10 Å². The summed E-state index contributed by atoms with van der Waals surface area (Å²) in [5, 5.41) is 9.92. The number of aryl methyl sites for hydroxylation is 2. The molecule has 0 amide bonds. The van der Waals surface area contributed by atoms with E-state index in [0.29, 0.717) is 6.42 Å². The van der Waals surface area contributed by atoms with Gasteiger partial charge in [0.15, 0.2) is 0 Å². The first-order valence-corrected chi connectivity index (χ1v) is 4.93. The standard InChI is InChI=1S/C12H18O2/c1-5-6-7-11(13)12-8(2)9(3)14-10(12)4/h5,11,13H,1,6-7H2,2-4H3. The number of furan rings is 1. The Bertz CT molecular complexity index is 323. The van der Waals surface area contributed by atoms with Gasteiger partial charge in [0.25, 0.3) is 0 Å². The van der Waals surface area contributed by atoms with Crippen LogP contribution in [0.2, 0.25) is 0 Å². The van der Waals surface area contributed by atoms with E-state index in [-0.39, 0.29) is 0 Å². The third-order valence-electron chi connectivity index (χ3n) is 2.60. The van der Waals surface area contributed by atoms with Crippen LogP contribution in [0.1, 0.15) is 41.6 Å². The summed E-state index contributed by atoms with van der Waals surface area (Å²) < 4.78 is 5.46. The van der Waals surface area contributed by atoms with Gasteiger partial charge in [-0.1, -0.05) is 6.08 Å². The van der Waals surface area contributed by atoms with Crippen LogP contribution in [-0.2, 0) is 0 Å². The number of aliphatic hydroxyl groups excluding tert-OH is 1. The molecule has 1 N–H and O–H groups in total. The second-order valence-electron chi connectivity index (χ2n) is 3.63. The number of aliphatic hydroxyl groups is 1. The summed E-state index contributed by atoms with van der Waals surface area (Å²) in [6.07, 6.45) is 2.93. The lowest BCUT2D eigenvalue weighted by molar-refractivity contribution is 0.166. The van der Waals surface area contributed by atoms with E-state index in [1.807, 2.05) is 26.8 Å². The number of rotatable bonds is 4. The minimum Gasteiger partial charge on any atom is -0.466 e. The van der Waals surface area contributed by atoms with Crippen LogP contribution >= 0.6 is 0 Å². The largest absolute Gasteiger partial charge is 0.466 e. The highest BCUT2D eigenvalue weighted by molar-refractivity contribution is 5.33. The molecule has 1 unspecified atom stereocenters. The molecule has 2 heteroatoms. The highest BCUT2D eigenvalue weighted by Gasteiger charge is 2.17. The topological polar surface area (TPSA) is 33.4 Å². The zero-order chi connectivity index (χ0) is 10.7. The third kappa shape index (κ3) is 2.07. The van der Waals surface area contributed by atoms with Crippen molar-refractivity contribution in [2.24, 2.45) is 0 Å². The van der Waals surface area contributed by atoms with Gasteiger partial charge >= 0.3 is 0 Å². The Hall–Kier alpha value is -1.02. The molecule has 0 spiro atoms. The van der Waals surface area contributed by atoms with Gasteiger partial charge in [0.2, 0.25) is 0 Å². The van der Waals surface area contributed by atoms with Crippen LogP contribution in [0, 0.1) is 20.8 Å². The molecule has 1 aromatic heterocycles. The molecule has 0 radical (unpaired) electrons. The van der Waals surface area contributed by atoms with Crippen LogP contribution in [-0.4, -0.2) is 5.11 Å². The Morgan fingerprint density at radius 2 is 2.00 bits per heavy atom. The summed E-state index contributed by atoms with van der Waals surface area (Å²) >= 11 is 0. The zero-order valence-corrected chi connectivity index (χ0v) is 9.13. The summed E-state index contributed by atoms with van der Waals surface area (Å²) in [6.45, 7) is 9.44. The molecule has 0 aliphatic heterocycles. The lowest BCUT2D eigenvalue weighted by Crippen LogP contribution is -1.99. The van der Waals surface area contributed by atoms with E-state index in [1.165, 1.54) is 0 Å². The van der Waals surface area contributed by atoms with Gasteiger partial charge in [0, 0.05) is 5.56 Å². The van der Waals surface area contributed by atoms with Gasteiger partial charge in [0.1, 0.15) is 11.5 Å². The molecule has 14 heavy (non-hydrogen) atoms. The number of allylic oxidation sites excluding steroid dienone is 1. The molecular formula is C12H18O2. The molecule has 0 bridgehead atoms. The Kier molecular flexibility index (Phi) is 3.53. The molecule has 1 rings (SSSR count). The summed E-state index contributed by atoms with van der Waals surface area (Å²) in [4.78, 5) is 0. The van der Waals surface area contributed by atoms with Crippen molar-refractivity contribution in [1.82, 2.24) is 0 Å². The lowest BCUT2D eigenvalue weighted by Gasteiger charge is -2.09. The summed E-state index contributed by atoms with van der Waals surface area (Å²) in [6, 6.07) is 0. The zero-order valence-electron chi connectivity index (χ0n) is 9.13. The molecule has 1 heterocycles. The molecule has 0 saturated heterocycles. The summed E-state index contributed by atoms with van der Waals surface area (Å²) in [7, 11) is 0. The van der Waals surface area contributed by atoms with Gasteiger partial charge in [-0.3, -0.25) is 0 Å². The first kappa shape index (κ1) is 11.1. The molecule has 2 nitrogen and oxygen atoms in total. The summed E-state index contributed by atoms with van der Waals surface area (Å²) in [5.74, 6) is 1.73. The first-order valence-electron chi connectivity index (χ1n) is 4.93. The predicted octanol–water partition coefficient (Wildman–Crippen LogP) is 3.20. The molecule has 0 fully saturated rings. The maximum Gasteiger partial charge on any atom is 0.107 e. The molecule has 0 aliphatic rings. The Morgan fingerprint density at radius 1 is 1.36 bits per heavy atom. The number of hydrogen-bond acceptors (Lipinski definition) is 2. The Balaban J connectivity index is 2.88. The van der Waals surface area contributed by atoms with Crippen molar-refractivity contribution in [3.05, 3.63) is 35.3 Å². The van der Waals surface area contributed by atoms with Gasteiger partial charge < -0.3 is 9.52 Å². The minimum absolute atomic E-state index is 0.426. The average Bonchev–Trinajstić information content (AvgIpc) is 2.38. The quantitative estimate of drug-likeness (QED) is 0.747. The SMILES string of the molecule is C=CCCC(O)c1c(C)oc(C)c1C. The predicted molar refractivity (Wildman–Crippen MR) is 57.3 cm³/mol. The highest BCUT2D eigenvalue weighted by Crippen LogP contribution is 2.29. The van der Waals surface area contributed by atoms with Crippen molar-refractivity contribution >= 4 is 0 Å². The normalized spacial score (nSPS) is 12.9. The van der Waals surface area contributed by atoms with Gasteiger partial charge in [-0.2, -0.15) is 0 Å². The molecule has 0 saturated carbocycles. The van der Waals surface area contributed by atoms with Crippen molar-refractivity contribution in [2.45, 2.75) is 39.7 Å².